The molecule has 0 aliphatic rings. The number of likely N-dealkylation sites (N-methyl/N-ethyl adjacent to an activating group) is 1. The van der Waals surface area contributed by atoms with E-state index < -0.39 is 0 Å². The molecular formula is C27H36N8O3. The second kappa shape index (κ2) is 12.6. The molecule has 3 heterocycles. The van der Waals surface area contributed by atoms with Crippen LogP contribution in [0.2, 0.25) is 0 Å². The third-order valence-corrected chi connectivity index (χ3v) is 6.76. The van der Waals surface area contributed by atoms with Gasteiger partial charge in [-0.3, -0.25) is 28.8 Å². The molecule has 11 heteroatoms. The lowest BCUT2D eigenvalue weighted by Crippen LogP contribution is -2.41. The van der Waals surface area contributed by atoms with E-state index in [4.69, 9.17) is 10.7 Å². The van der Waals surface area contributed by atoms with Crippen molar-refractivity contribution in [1.29, 1.82) is 0 Å². The quantitative estimate of drug-likeness (QED) is 0.252. The summed E-state index contributed by atoms with van der Waals surface area (Å²) in [5.74, 6) is 0.638. The maximum absolute atomic E-state index is 13.7. The van der Waals surface area contributed by atoms with Crippen LogP contribution < -0.4 is 17.0 Å². The molecule has 0 aliphatic carbocycles. The first-order valence-corrected chi connectivity index (χ1v) is 13.1. The minimum atomic E-state index is -0.370. The number of imidazole rings is 1. The second-order valence-electron chi connectivity index (χ2n) is 9.22. The summed E-state index contributed by atoms with van der Waals surface area (Å²) in [5, 5.41) is 9.45. The van der Waals surface area contributed by atoms with E-state index in [-0.39, 0.29) is 17.9 Å². The number of fused-ring (bicyclic) bond motifs is 1. The van der Waals surface area contributed by atoms with Crippen molar-refractivity contribution < 1.29 is 5.11 Å². The average Bonchev–Trinajstić information content (AvgIpc) is 3.28. The number of benzene rings is 1. The summed E-state index contributed by atoms with van der Waals surface area (Å²) in [6.07, 6.45) is 6.44. The van der Waals surface area contributed by atoms with Crippen molar-refractivity contribution in [3.63, 3.8) is 0 Å². The number of hydrogen-bond donors (Lipinski definition) is 2. The number of hydrogen-bond acceptors (Lipinski definition) is 8. The van der Waals surface area contributed by atoms with Gasteiger partial charge in [0.2, 0.25) is 0 Å². The molecule has 0 aliphatic heterocycles. The van der Waals surface area contributed by atoms with Gasteiger partial charge < -0.3 is 15.4 Å². The fraction of sp³-hybridized carbons (Fsp3) is 0.444. The largest absolute Gasteiger partial charge is 0.399 e. The molecule has 38 heavy (non-hydrogen) atoms. The number of nitrogens with two attached hydrogens (primary N) is 1. The van der Waals surface area contributed by atoms with Gasteiger partial charge in [-0.15, -0.1) is 0 Å². The molecule has 0 saturated carbocycles. The van der Waals surface area contributed by atoms with Gasteiger partial charge in [-0.25, -0.2) is 9.78 Å². The summed E-state index contributed by atoms with van der Waals surface area (Å²) >= 11 is 0. The van der Waals surface area contributed by atoms with E-state index in [0.29, 0.717) is 80.4 Å². The third kappa shape index (κ3) is 5.84. The predicted molar refractivity (Wildman–Crippen MR) is 147 cm³/mol. The highest BCUT2D eigenvalue weighted by Gasteiger charge is 2.22. The minimum absolute atomic E-state index is 0.0520. The lowest BCUT2D eigenvalue weighted by atomic mass is 10.1. The first-order valence-electron chi connectivity index (χ1n) is 13.1. The summed E-state index contributed by atoms with van der Waals surface area (Å²) in [6.45, 7) is 7.06. The summed E-state index contributed by atoms with van der Waals surface area (Å²) in [7, 11) is 0. The zero-order chi connectivity index (χ0) is 27.1. The lowest BCUT2D eigenvalue weighted by molar-refractivity contribution is 0.197. The van der Waals surface area contributed by atoms with Crippen LogP contribution in [0.4, 0.5) is 5.69 Å². The molecule has 0 atom stereocenters. The predicted octanol–water partition coefficient (Wildman–Crippen LogP) is 1.29. The number of para-hydroxylation sites is 1. The van der Waals surface area contributed by atoms with Crippen LogP contribution in [0, 0.1) is 0 Å². The van der Waals surface area contributed by atoms with Crippen LogP contribution in [0.25, 0.3) is 11.2 Å². The molecule has 0 unspecified atom stereocenters. The number of aryl methyl sites for hydroxylation is 2. The van der Waals surface area contributed by atoms with Crippen LogP contribution in [-0.4, -0.2) is 64.9 Å². The molecule has 1 aromatic carbocycles. The minimum Gasteiger partial charge on any atom is -0.399 e. The molecule has 3 aromatic heterocycles. The number of nitrogens with zero attached hydrogens (tertiary/aromatic N) is 7. The molecular weight excluding hydrogens is 484 g/mol. The van der Waals surface area contributed by atoms with E-state index in [2.05, 4.69) is 14.9 Å². The summed E-state index contributed by atoms with van der Waals surface area (Å²) in [4.78, 5) is 42.8. The van der Waals surface area contributed by atoms with Crippen molar-refractivity contribution in [2.24, 2.45) is 0 Å². The molecule has 0 fully saturated rings. The molecule has 11 nitrogen and oxygen atoms in total. The van der Waals surface area contributed by atoms with Crippen molar-refractivity contribution in [3.05, 3.63) is 80.8 Å². The third-order valence-electron chi connectivity index (χ3n) is 6.76. The standard InChI is InChI=1S/C27H36N8O3/c1-3-12-35-26(37)24-25(34(27(35)38)13-9-20-7-5-6-8-22(20)28)31-23(18-21-19-29-10-11-30-21)33(24)15-14-32(4-2)16-17-36/h5-8,10-11,19,36H,3-4,9,12-18,28H2,1-2H3. The topological polar surface area (TPSA) is 137 Å². The number of aromatic nitrogens is 6. The molecule has 4 aromatic rings. The van der Waals surface area contributed by atoms with Crippen LogP contribution in [-0.2, 0) is 32.5 Å². The lowest BCUT2D eigenvalue weighted by Gasteiger charge is -2.20. The van der Waals surface area contributed by atoms with Gasteiger partial charge in [-0.1, -0.05) is 32.0 Å². The van der Waals surface area contributed by atoms with Gasteiger partial charge in [0.05, 0.1) is 12.3 Å². The van der Waals surface area contributed by atoms with Gasteiger partial charge >= 0.3 is 5.69 Å². The van der Waals surface area contributed by atoms with Crippen molar-refractivity contribution in [1.82, 2.24) is 33.6 Å². The van der Waals surface area contributed by atoms with E-state index in [1.165, 1.54) is 4.57 Å². The molecule has 202 valence electrons. The van der Waals surface area contributed by atoms with Crippen molar-refractivity contribution in [3.8, 4) is 0 Å². The normalized spacial score (nSPS) is 11.6. The smallest absolute Gasteiger partial charge is 0.332 e. The Morgan fingerprint density at radius 2 is 1.82 bits per heavy atom. The maximum atomic E-state index is 13.7. The molecule has 0 radical (unpaired) electrons. The maximum Gasteiger partial charge on any atom is 0.332 e. The van der Waals surface area contributed by atoms with E-state index in [9.17, 15) is 14.7 Å². The van der Waals surface area contributed by atoms with Gasteiger partial charge in [0.1, 0.15) is 5.82 Å². The van der Waals surface area contributed by atoms with Crippen LogP contribution in [0.1, 0.15) is 37.4 Å². The molecule has 0 bridgehead atoms. The summed E-state index contributed by atoms with van der Waals surface area (Å²) in [5.41, 5.74) is 8.52. The van der Waals surface area contributed by atoms with Crippen LogP contribution >= 0.6 is 0 Å². The Bertz CT molecular complexity index is 1480. The zero-order valence-electron chi connectivity index (χ0n) is 22.1. The number of aliphatic hydroxyl groups is 1. The Hall–Kier alpha value is -3.83. The van der Waals surface area contributed by atoms with E-state index in [0.717, 1.165) is 12.1 Å². The van der Waals surface area contributed by atoms with E-state index in [1.54, 1.807) is 23.2 Å². The fourth-order valence-electron chi connectivity index (χ4n) is 4.72. The molecule has 0 amide bonds. The van der Waals surface area contributed by atoms with Crippen molar-refractivity contribution >= 4 is 16.9 Å². The van der Waals surface area contributed by atoms with Gasteiger partial charge in [-0.2, -0.15) is 0 Å². The second-order valence-corrected chi connectivity index (χ2v) is 9.22. The van der Waals surface area contributed by atoms with Crippen molar-refractivity contribution in [2.45, 2.75) is 52.7 Å². The summed E-state index contributed by atoms with van der Waals surface area (Å²) in [6, 6.07) is 7.58. The number of anilines is 1. The van der Waals surface area contributed by atoms with Gasteiger partial charge in [-0.05, 0) is 31.0 Å². The molecule has 0 spiro atoms. The Kier molecular flexibility index (Phi) is 9.03. The number of nitrogen functional groups attached to an aromatic ring is 1. The van der Waals surface area contributed by atoms with Crippen molar-refractivity contribution in [2.75, 3.05) is 32.0 Å². The van der Waals surface area contributed by atoms with Crippen LogP contribution in [0.5, 0.6) is 0 Å². The average molecular weight is 521 g/mol. The first-order chi connectivity index (χ1) is 18.5. The Morgan fingerprint density at radius 1 is 1.00 bits per heavy atom. The van der Waals surface area contributed by atoms with Gasteiger partial charge in [0, 0.05) is 63.4 Å². The zero-order valence-corrected chi connectivity index (χ0v) is 22.1. The van der Waals surface area contributed by atoms with Gasteiger partial charge in [0.15, 0.2) is 11.2 Å². The highest BCUT2D eigenvalue weighted by Crippen LogP contribution is 2.17. The Morgan fingerprint density at radius 3 is 2.50 bits per heavy atom. The summed E-state index contributed by atoms with van der Waals surface area (Å²) < 4.78 is 4.82. The first kappa shape index (κ1) is 27.2. The van der Waals surface area contributed by atoms with Gasteiger partial charge in [0.25, 0.3) is 5.56 Å². The SMILES string of the molecule is CCCn1c(=O)c2c(nc(Cc3cnccn3)n2CCN(CC)CCO)n(CCc2ccccc2N)c1=O. The Balaban J connectivity index is 1.87. The van der Waals surface area contributed by atoms with Crippen LogP contribution in [0.3, 0.4) is 0 Å². The highest BCUT2D eigenvalue weighted by molar-refractivity contribution is 5.71. The highest BCUT2D eigenvalue weighted by atomic mass is 16.3. The number of rotatable bonds is 13. The molecule has 4 rings (SSSR count). The number of aliphatic hydroxyl groups excluding tert-OH is 1. The molecule has 3 N–H and O–H groups in total. The molecule has 0 saturated heterocycles. The van der Waals surface area contributed by atoms with E-state index in [1.807, 2.05) is 42.7 Å². The monoisotopic (exact) mass is 520 g/mol. The van der Waals surface area contributed by atoms with Crippen LogP contribution in [0.15, 0.2) is 52.4 Å². The fourth-order valence-corrected chi connectivity index (χ4v) is 4.72. The van der Waals surface area contributed by atoms with E-state index >= 15 is 0 Å². The Labute approximate surface area is 221 Å².